The van der Waals surface area contributed by atoms with Gasteiger partial charge in [0.25, 0.3) is 5.69 Å². The van der Waals surface area contributed by atoms with Crippen LogP contribution in [0.4, 0.5) is 10.1 Å². The number of ether oxygens (including phenoxy) is 1. The Kier molecular flexibility index (Phi) is 5.03. The topological polar surface area (TPSA) is 69.4 Å². The maximum absolute atomic E-state index is 13.6. The normalized spacial score (nSPS) is 10.2. The Bertz CT molecular complexity index is 478. The SMILES string of the molecule is CCOC(=O)Cc1cc([N+](=O)[O-])c(CCl)cc1F. The summed E-state index contributed by atoms with van der Waals surface area (Å²) in [5, 5.41) is 10.8. The molecule has 0 bridgehead atoms. The van der Waals surface area contributed by atoms with Gasteiger partial charge in [-0.05, 0) is 13.0 Å². The first-order valence-corrected chi connectivity index (χ1v) is 5.70. The number of rotatable bonds is 5. The molecule has 0 spiro atoms. The number of nitro groups is 1. The maximum Gasteiger partial charge on any atom is 0.310 e. The molecule has 0 N–H and O–H groups in total. The highest BCUT2D eigenvalue weighted by atomic mass is 35.5. The largest absolute Gasteiger partial charge is 0.466 e. The summed E-state index contributed by atoms with van der Waals surface area (Å²) in [5.41, 5.74) is -0.300. The van der Waals surface area contributed by atoms with Crippen LogP contribution < -0.4 is 0 Å². The molecular formula is C11H11ClFNO4. The van der Waals surface area contributed by atoms with Crippen molar-refractivity contribution < 1.29 is 18.8 Å². The molecule has 0 saturated heterocycles. The van der Waals surface area contributed by atoms with E-state index in [0.29, 0.717) is 0 Å². The van der Waals surface area contributed by atoms with Crippen LogP contribution in [0.5, 0.6) is 0 Å². The van der Waals surface area contributed by atoms with Gasteiger partial charge in [0.1, 0.15) is 5.82 Å². The Labute approximate surface area is 108 Å². The van der Waals surface area contributed by atoms with Crippen molar-refractivity contribution in [3.63, 3.8) is 0 Å². The van der Waals surface area contributed by atoms with Crippen molar-refractivity contribution >= 4 is 23.3 Å². The van der Waals surface area contributed by atoms with E-state index < -0.39 is 16.7 Å². The second kappa shape index (κ2) is 6.30. The van der Waals surface area contributed by atoms with Gasteiger partial charge < -0.3 is 4.74 Å². The molecule has 5 nitrogen and oxygen atoms in total. The summed E-state index contributed by atoms with van der Waals surface area (Å²) < 4.78 is 18.2. The summed E-state index contributed by atoms with van der Waals surface area (Å²) in [6, 6.07) is 1.99. The average Bonchev–Trinajstić information content (AvgIpc) is 2.31. The molecule has 1 aromatic carbocycles. The van der Waals surface area contributed by atoms with E-state index >= 15 is 0 Å². The van der Waals surface area contributed by atoms with Gasteiger partial charge in [0.2, 0.25) is 0 Å². The summed E-state index contributed by atoms with van der Waals surface area (Å²) in [6.45, 7) is 1.79. The van der Waals surface area contributed by atoms with E-state index in [4.69, 9.17) is 11.6 Å². The molecular weight excluding hydrogens is 265 g/mol. The third-order valence-corrected chi connectivity index (χ3v) is 2.52. The molecule has 0 aliphatic carbocycles. The van der Waals surface area contributed by atoms with Crippen LogP contribution in [-0.4, -0.2) is 17.5 Å². The van der Waals surface area contributed by atoms with Gasteiger partial charge in [0, 0.05) is 17.2 Å². The van der Waals surface area contributed by atoms with Crippen molar-refractivity contribution in [1.82, 2.24) is 0 Å². The first kappa shape index (κ1) is 14.4. The minimum atomic E-state index is -0.704. The Morgan fingerprint density at radius 2 is 2.17 bits per heavy atom. The van der Waals surface area contributed by atoms with E-state index in [1.54, 1.807) is 6.92 Å². The number of carbonyl (C=O) groups is 1. The summed E-state index contributed by atoms with van der Waals surface area (Å²) in [7, 11) is 0. The molecule has 0 radical (unpaired) electrons. The standard InChI is InChI=1S/C11H11ClFNO4/c1-2-18-11(15)5-7-4-10(14(16)17)8(6-12)3-9(7)13/h3-4H,2,5-6H2,1H3. The third kappa shape index (κ3) is 3.40. The van der Waals surface area contributed by atoms with Crippen LogP contribution in [0.15, 0.2) is 12.1 Å². The van der Waals surface area contributed by atoms with Crippen molar-refractivity contribution in [2.24, 2.45) is 0 Å². The monoisotopic (exact) mass is 275 g/mol. The lowest BCUT2D eigenvalue weighted by atomic mass is 10.1. The minimum absolute atomic E-state index is 0.0750. The van der Waals surface area contributed by atoms with Crippen LogP contribution in [0, 0.1) is 15.9 Å². The summed E-state index contributed by atoms with van der Waals surface area (Å²) >= 11 is 5.49. The van der Waals surface area contributed by atoms with E-state index in [9.17, 15) is 19.3 Å². The van der Waals surface area contributed by atoms with Crippen LogP contribution in [0.2, 0.25) is 0 Å². The molecule has 1 aromatic rings. The molecule has 0 saturated carbocycles. The second-order valence-corrected chi connectivity index (χ2v) is 3.71. The molecule has 0 aliphatic rings. The fraction of sp³-hybridized carbons (Fsp3) is 0.364. The number of nitro benzene ring substituents is 1. The van der Waals surface area contributed by atoms with Gasteiger partial charge in [0.15, 0.2) is 0 Å². The van der Waals surface area contributed by atoms with Crippen LogP contribution >= 0.6 is 11.6 Å². The van der Waals surface area contributed by atoms with E-state index in [-0.39, 0.29) is 35.7 Å². The lowest BCUT2D eigenvalue weighted by molar-refractivity contribution is -0.385. The lowest BCUT2D eigenvalue weighted by Gasteiger charge is -2.06. The highest BCUT2D eigenvalue weighted by Gasteiger charge is 2.19. The highest BCUT2D eigenvalue weighted by molar-refractivity contribution is 6.17. The van der Waals surface area contributed by atoms with Crippen LogP contribution in [0.3, 0.4) is 0 Å². The molecule has 18 heavy (non-hydrogen) atoms. The maximum atomic E-state index is 13.6. The van der Waals surface area contributed by atoms with Gasteiger partial charge in [-0.3, -0.25) is 14.9 Å². The molecule has 0 heterocycles. The van der Waals surface area contributed by atoms with Gasteiger partial charge in [-0.15, -0.1) is 11.6 Å². The number of carbonyl (C=O) groups excluding carboxylic acids is 1. The Morgan fingerprint density at radius 1 is 1.50 bits per heavy atom. The van der Waals surface area contributed by atoms with Gasteiger partial charge in [-0.1, -0.05) is 0 Å². The number of hydrogen-bond acceptors (Lipinski definition) is 4. The molecule has 0 aromatic heterocycles. The molecule has 0 atom stereocenters. The zero-order valence-corrected chi connectivity index (χ0v) is 10.4. The van der Waals surface area contributed by atoms with Crippen molar-refractivity contribution in [3.05, 3.63) is 39.2 Å². The Morgan fingerprint density at radius 3 is 2.67 bits per heavy atom. The van der Waals surface area contributed by atoms with E-state index in [1.807, 2.05) is 0 Å². The Balaban J connectivity index is 3.09. The lowest BCUT2D eigenvalue weighted by Crippen LogP contribution is -2.09. The van der Waals surface area contributed by atoms with Gasteiger partial charge in [-0.2, -0.15) is 0 Å². The predicted molar refractivity (Wildman–Crippen MR) is 62.9 cm³/mol. The van der Waals surface area contributed by atoms with Crippen molar-refractivity contribution in [2.75, 3.05) is 6.61 Å². The second-order valence-electron chi connectivity index (χ2n) is 3.44. The summed E-state index contributed by atoms with van der Waals surface area (Å²) in [6.07, 6.45) is -0.344. The predicted octanol–water partition coefficient (Wildman–Crippen LogP) is 2.58. The molecule has 1 rings (SSSR count). The van der Waals surface area contributed by atoms with Gasteiger partial charge >= 0.3 is 5.97 Å². The molecule has 0 unspecified atom stereocenters. The van der Waals surface area contributed by atoms with Gasteiger partial charge in [0.05, 0.1) is 23.8 Å². The molecule has 98 valence electrons. The van der Waals surface area contributed by atoms with Gasteiger partial charge in [-0.25, -0.2) is 4.39 Å². The highest BCUT2D eigenvalue weighted by Crippen LogP contribution is 2.25. The van der Waals surface area contributed by atoms with Crippen molar-refractivity contribution in [1.29, 1.82) is 0 Å². The first-order valence-electron chi connectivity index (χ1n) is 5.16. The smallest absolute Gasteiger partial charge is 0.310 e. The van der Waals surface area contributed by atoms with Crippen LogP contribution in [0.25, 0.3) is 0 Å². The van der Waals surface area contributed by atoms with Crippen molar-refractivity contribution in [2.45, 2.75) is 19.2 Å². The number of hydrogen-bond donors (Lipinski definition) is 0. The van der Waals surface area contributed by atoms with Crippen LogP contribution in [0.1, 0.15) is 18.1 Å². The first-order chi connectivity index (χ1) is 8.49. The van der Waals surface area contributed by atoms with E-state index in [1.165, 1.54) is 0 Å². The van der Waals surface area contributed by atoms with E-state index in [0.717, 1.165) is 12.1 Å². The molecule has 0 fully saturated rings. The van der Waals surface area contributed by atoms with E-state index in [2.05, 4.69) is 4.74 Å². The average molecular weight is 276 g/mol. The number of esters is 1. The summed E-state index contributed by atoms with van der Waals surface area (Å²) in [4.78, 5) is 21.3. The summed E-state index contributed by atoms with van der Waals surface area (Å²) in [5.74, 6) is -1.51. The molecule has 0 aliphatic heterocycles. The van der Waals surface area contributed by atoms with Crippen LogP contribution in [-0.2, 0) is 21.8 Å². The Hall–Kier alpha value is -1.69. The zero-order chi connectivity index (χ0) is 13.7. The number of alkyl halides is 1. The molecule has 7 heteroatoms. The van der Waals surface area contributed by atoms with Crippen molar-refractivity contribution in [3.8, 4) is 0 Å². The third-order valence-electron chi connectivity index (χ3n) is 2.23. The number of halogens is 2. The quantitative estimate of drug-likeness (QED) is 0.358. The number of nitrogens with zero attached hydrogens (tertiary/aromatic N) is 1. The molecule has 0 amide bonds. The fourth-order valence-corrected chi connectivity index (χ4v) is 1.64. The minimum Gasteiger partial charge on any atom is -0.466 e. The zero-order valence-electron chi connectivity index (χ0n) is 9.61. The number of benzene rings is 1. The fourth-order valence-electron chi connectivity index (χ4n) is 1.43.